The van der Waals surface area contributed by atoms with Gasteiger partial charge in [-0.2, -0.15) is 4.98 Å². The molecular formula is C13H17N5O. The molecular weight excluding hydrogens is 242 g/mol. The summed E-state index contributed by atoms with van der Waals surface area (Å²) in [6.07, 6.45) is 10.0. The molecule has 3 rings (SSSR count). The van der Waals surface area contributed by atoms with E-state index in [1.807, 2.05) is 0 Å². The zero-order valence-corrected chi connectivity index (χ0v) is 10.7. The third kappa shape index (κ3) is 2.78. The summed E-state index contributed by atoms with van der Waals surface area (Å²) >= 11 is 0. The normalized spacial score (nSPS) is 23.4. The van der Waals surface area contributed by atoms with Crippen LogP contribution in [0.1, 0.15) is 49.0 Å². The second kappa shape index (κ2) is 5.44. The molecule has 2 aromatic rings. The van der Waals surface area contributed by atoms with Crippen molar-refractivity contribution in [2.24, 2.45) is 5.73 Å². The third-order valence-electron chi connectivity index (χ3n) is 3.58. The highest BCUT2D eigenvalue weighted by Gasteiger charge is 2.28. The molecule has 0 aliphatic heterocycles. The van der Waals surface area contributed by atoms with Crippen LogP contribution in [-0.4, -0.2) is 26.2 Å². The Morgan fingerprint density at radius 1 is 1.26 bits per heavy atom. The lowest BCUT2D eigenvalue weighted by molar-refractivity contribution is 0.289. The highest BCUT2D eigenvalue weighted by Crippen LogP contribution is 2.30. The first-order valence-electron chi connectivity index (χ1n) is 6.66. The molecule has 0 aromatic carbocycles. The van der Waals surface area contributed by atoms with Crippen LogP contribution < -0.4 is 5.73 Å². The first-order valence-corrected chi connectivity index (χ1v) is 6.66. The van der Waals surface area contributed by atoms with E-state index in [4.69, 9.17) is 10.3 Å². The predicted molar refractivity (Wildman–Crippen MR) is 68.3 cm³/mol. The SMILES string of the molecule is N[C@@H]1CCCC[C@@H]1c1nc(Cc2cnccn2)no1. The molecule has 6 heteroatoms. The Hall–Kier alpha value is -1.82. The quantitative estimate of drug-likeness (QED) is 0.896. The van der Waals surface area contributed by atoms with Gasteiger partial charge in [-0.15, -0.1) is 0 Å². The monoisotopic (exact) mass is 259 g/mol. The number of nitrogens with zero attached hydrogens (tertiary/aromatic N) is 4. The number of hydrogen-bond donors (Lipinski definition) is 1. The minimum atomic E-state index is 0.138. The Labute approximate surface area is 111 Å². The Morgan fingerprint density at radius 3 is 2.95 bits per heavy atom. The predicted octanol–water partition coefficient (Wildman–Crippen LogP) is 1.44. The summed E-state index contributed by atoms with van der Waals surface area (Å²) in [7, 11) is 0. The van der Waals surface area contributed by atoms with Crippen molar-refractivity contribution in [3.8, 4) is 0 Å². The van der Waals surface area contributed by atoms with Gasteiger partial charge >= 0.3 is 0 Å². The van der Waals surface area contributed by atoms with E-state index in [2.05, 4.69) is 20.1 Å². The molecule has 2 heterocycles. The maximum Gasteiger partial charge on any atom is 0.231 e. The van der Waals surface area contributed by atoms with Crippen molar-refractivity contribution < 1.29 is 4.52 Å². The smallest absolute Gasteiger partial charge is 0.231 e. The van der Waals surface area contributed by atoms with Gasteiger partial charge in [-0.3, -0.25) is 9.97 Å². The second-order valence-electron chi connectivity index (χ2n) is 4.98. The van der Waals surface area contributed by atoms with Crippen molar-refractivity contribution in [3.05, 3.63) is 36.0 Å². The van der Waals surface area contributed by atoms with Crippen LogP contribution in [0.25, 0.3) is 0 Å². The average molecular weight is 259 g/mol. The maximum atomic E-state index is 6.12. The largest absolute Gasteiger partial charge is 0.339 e. The molecule has 0 amide bonds. The Bertz CT molecular complexity index is 527. The van der Waals surface area contributed by atoms with Gasteiger partial charge in [0.05, 0.1) is 18.0 Å². The number of hydrogen-bond acceptors (Lipinski definition) is 6. The summed E-state index contributed by atoms with van der Waals surface area (Å²) < 4.78 is 5.36. The average Bonchev–Trinajstić information content (AvgIpc) is 2.89. The minimum absolute atomic E-state index is 0.138. The molecule has 1 fully saturated rings. The molecule has 0 spiro atoms. The van der Waals surface area contributed by atoms with Gasteiger partial charge in [-0.05, 0) is 12.8 Å². The fourth-order valence-corrected chi connectivity index (χ4v) is 2.54. The van der Waals surface area contributed by atoms with Crippen LogP contribution in [0.15, 0.2) is 23.1 Å². The van der Waals surface area contributed by atoms with E-state index in [0.29, 0.717) is 18.1 Å². The standard InChI is InChI=1S/C13H17N5O/c14-11-4-2-1-3-10(11)13-17-12(18-19-13)7-9-8-15-5-6-16-9/h5-6,8,10-11H,1-4,7,14H2/t10-,11+/m0/s1. The topological polar surface area (TPSA) is 90.7 Å². The fourth-order valence-electron chi connectivity index (χ4n) is 2.54. The lowest BCUT2D eigenvalue weighted by atomic mass is 9.85. The van der Waals surface area contributed by atoms with E-state index in [1.54, 1.807) is 18.6 Å². The summed E-state index contributed by atoms with van der Waals surface area (Å²) in [5.41, 5.74) is 6.96. The van der Waals surface area contributed by atoms with E-state index in [1.165, 1.54) is 12.8 Å². The molecule has 2 atom stereocenters. The van der Waals surface area contributed by atoms with E-state index < -0.39 is 0 Å². The summed E-state index contributed by atoms with van der Waals surface area (Å²) in [5.74, 6) is 1.52. The zero-order chi connectivity index (χ0) is 13.1. The number of nitrogens with two attached hydrogens (primary N) is 1. The zero-order valence-electron chi connectivity index (χ0n) is 10.7. The first kappa shape index (κ1) is 12.2. The van der Waals surface area contributed by atoms with Crippen molar-refractivity contribution in [2.75, 3.05) is 0 Å². The van der Waals surface area contributed by atoms with Crippen LogP contribution in [0.4, 0.5) is 0 Å². The van der Waals surface area contributed by atoms with Crippen LogP contribution in [0.2, 0.25) is 0 Å². The lowest BCUT2D eigenvalue weighted by Crippen LogP contribution is -2.31. The maximum absolute atomic E-state index is 6.12. The minimum Gasteiger partial charge on any atom is -0.339 e. The molecule has 0 saturated heterocycles. The molecule has 100 valence electrons. The van der Waals surface area contributed by atoms with Crippen LogP contribution in [0.3, 0.4) is 0 Å². The van der Waals surface area contributed by atoms with Gasteiger partial charge in [-0.25, -0.2) is 0 Å². The van der Waals surface area contributed by atoms with Gasteiger partial charge in [0, 0.05) is 24.6 Å². The molecule has 1 aliphatic rings. The van der Waals surface area contributed by atoms with Crippen molar-refractivity contribution in [1.82, 2.24) is 20.1 Å². The van der Waals surface area contributed by atoms with E-state index in [-0.39, 0.29) is 12.0 Å². The molecule has 2 N–H and O–H groups in total. The molecule has 1 saturated carbocycles. The summed E-state index contributed by atoms with van der Waals surface area (Å²) in [6, 6.07) is 0.138. The third-order valence-corrected chi connectivity index (χ3v) is 3.58. The summed E-state index contributed by atoms with van der Waals surface area (Å²) in [6.45, 7) is 0. The molecule has 0 unspecified atom stereocenters. The van der Waals surface area contributed by atoms with Crippen molar-refractivity contribution in [1.29, 1.82) is 0 Å². The van der Waals surface area contributed by atoms with Crippen molar-refractivity contribution >= 4 is 0 Å². The van der Waals surface area contributed by atoms with Gasteiger partial charge in [0.2, 0.25) is 5.89 Å². The van der Waals surface area contributed by atoms with E-state index in [0.717, 1.165) is 18.5 Å². The van der Waals surface area contributed by atoms with Gasteiger partial charge in [0.25, 0.3) is 0 Å². The van der Waals surface area contributed by atoms with Crippen LogP contribution in [-0.2, 0) is 6.42 Å². The molecule has 0 bridgehead atoms. The molecule has 6 nitrogen and oxygen atoms in total. The van der Waals surface area contributed by atoms with Gasteiger partial charge in [0.15, 0.2) is 5.82 Å². The highest BCUT2D eigenvalue weighted by molar-refractivity contribution is 5.06. The van der Waals surface area contributed by atoms with Crippen LogP contribution >= 0.6 is 0 Å². The Kier molecular flexibility index (Phi) is 3.50. The van der Waals surface area contributed by atoms with Gasteiger partial charge in [0.1, 0.15) is 0 Å². The van der Waals surface area contributed by atoms with Crippen LogP contribution in [0, 0.1) is 0 Å². The van der Waals surface area contributed by atoms with E-state index >= 15 is 0 Å². The summed E-state index contributed by atoms with van der Waals surface area (Å²) in [5, 5.41) is 4.01. The molecule has 19 heavy (non-hydrogen) atoms. The van der Waals surface area contributed by atoms with Gasteiger partial charge < -0.3 is 10.3 Å². The Morgan fingerprint density at radius 2 is 2.16 bits per heavy atom. The van der Waals surface area contributed by atoms with Crippen LogP contribution in [0.5, 0.6) is 0 Å². The number of rotatable bonds is 3. The van der Waals surface area contributed by atoms with E-state index in [9.17, 15) is 0 Å². The highest BCUT2D eigenvalue weighted by atomic mass is 16.5. The van der Waals surface area contributed by atoms with Gasteiger partial charge in [-0.1, -0.05) is 18.0 Å². The summed E-state index contributed by atoms with van der Waals surface area (Å²) in [4.78, 5) is 12.7. The van der Waals surface area contributed by atoms with Crippen molar-refractivity contribution in [3.63, 3.8) is 0 Å². The first-order chi connectivity index (χ1) is 9.33. The lowest BCUT2D eigenvalue weighted by Gasteiger charge is -2.25. The van der Waals surface area contributed by atoms with Crippen molar-refractivity contribution in [2.45, 2.75) is 44.1 Å². The molecule has 0 radical (unpaired) electrons. The second-order valence-corrected chi connectivity index (χ2v) is 4.98. The Balaban J connectivity index is 1.72. The molecule has 2 aromatic heterocycles. The molecule has 1 aliphatic carbocycles. The number of aromatic nitrogens is 4. The fraction of sp³-hybridized carbons (Fsp3) is 0.538.